The predicted octanol–water partition coefficient (Wildman–Crippen LogP) is 2.82. The molecule has 0 fully saturated rings. The number of aromatic nitrogens is 2. The minimum Gasteiger partial charge on any atom is -0.496 e. The van der Waals surface area contributed by atoms with Crippen molar-refractivity contribution in [2.45, 2.75) is 19.9 Å². The van der Waals surface area contributed by atoms with E-state index in [1.807, 2.05) is 38.1 Å². The van der Waals surface area contributed by atoms with E-state index in [0.717, 1.165) is 5.56 Å². The molecular formula is C13H18ClN3O2. The Morgan fingerprint density at radius 3 is 2.58 bits per heavy atom. The molecular weight excluding hydrogens is 266 g/mol. The van der Waals surface area contributed by atoms with Crippen LogP contribution in [0.25, 0.3) is 11.4 Å². The SMILES string of the molecule is COc1ccccc1-c1noc([C@@H](N)C(C)C)n1.Cl. The largest absolute Gasteiger partial charge is 0.496 e. The number of nitrogens with zero attached hydrogens (tertiary/aromatic N) is 2. The van der Waals surface area contributed by atoms with Crippen molar-refractivity contribution < 1.29 is 9.26 Å². The Kier molecular flexibility index (Phi) is 5.32. The van der Waals surface area contributed by atoms with Gasteiger partial charge < -0.3 is 15.0 Å². The molecule has 0 saturated carbocycles. The molecule has 6 heteroatoms. The molecule has 0 aliphatic carbocycles. The summed E-state index contributed by atoms with van der Waals surface area (Å²) in [6, 6.07) is 7.28. The highest BCUT2D eigenvalue weighted by molar-refractivity contribution is 5.85. The smallest absolute Gasteiger partial charge is 0.244 e. The van der Waals surface area contributed by atoms with Crippen LogP contribution in [0, 0.1) is 5.92 Å². The normalized spacial score (nSPS) is 12.1. The summed E-state index contributed by atoms with van der Waals surface area (Å²) in [5.41, 5.74) is 6.77. The first-order chi connectivity index (χ1) is 8.63. The van der Waals surface area contributed by atoms with Gasteiger partial charge in [-0.2, -0.15) is 4.98 Å². The Hall–Kier alpha value is -1.59. The predicted molar refractivity (Wildman–Crippen MR) is 75.3 cm³/mol. The third-order valence-electron chi connectivity index (χ3n) is 2.79. The second kappa shape index (κ2) is 6.54. The number of methoxy groups -OCH3 is 1. The number of para-hydroxylation sites is 1. The molecule has 2 N–H and O–H groups in total. The van der Waals surface area contributed by atoms with Gasteiger partial charge in [0.25, 0.3) is 0 Å². The Balaban J connectivity index is 0.00000180. The van der Waals surface area contributed by atoms with E-state index in [-0.39, 0.29) is 24.4 Å². The summed E-state index contributed by atoms with van der Waals surface area (Å²) >= 11 is 0. The van der Waals surface area contributed by atoms with E-state index in [9.17, 15) is 0 Å². The summed E-state index contributed by atoms with van der Waals surface area (Å²) in [6.07, 6.45) is 0. The number of hydrogen-bond donors (Lipinski definition) is 1. The second-order valence-electron chi connectivity index (χ2n) is 4.43. The van der Waals surface area contributed by atoms with Gasteiger partial charge in [-0.05, 0) is 18.1 Å². The van der Waals surface area contributed by atoms with Crippen molar-refractivity contribution in [3.63, 3.8) is 0 Å². The standard InChI is InChI=1S/C13H17N3O2.ClH/c1-8(2)11(14)13-15-12(16-18-13)9-6-4-5-7-10(9)17-3;/h4-8,11H,14H2,1-3H3;1H/t11-;/m0./s1. The second-order valence-corrected chi connectivity index (χ2v) is 4.43. The van der Waals surface area contributed by atoms with E-state index in [2.05, 4.69) is 10.1 Å². The lowest BCUT2D eigenvalue weighted by Gasteiger charge is -2.09. The monoisotopic (exact) mass is 283 g/mol. The maximum absolute atomic E-state index is 5.97. The topological polar surface area (TPSA) is 74.2 Å². The van der Waals surface area contributed by atoms with Gasteiger partial charge in [0.2, 0.25) is 11.7 Å². The number of halogens is 1. The average molecular weight is 284 g/mol. The summed E-state index contributed by atoms with van der Waals surface area (Å²) < 4.78 is 10.5. The molecule has 19 heavy (non-hydrogen) atoms. The average Bonchev–Trinajstić information content (AvgIpc) is 2.87. The zero-order chi connectivity index (χ0) is 13.1. The van der Waals surface area contributed by atoms with Crippen molar-refractivity contribution in [1.29, 1.82) is 0 Å². The van der Waals surface area contributed by atoms with Gasteiger partial charge in [0.05, 0.1) is 18.7 Å². The lowest BCUT2D eigenvalue weighted by molar-refractivity contribution is 0.325. The van der Waals surface area contributed by atoms with Crippen molar-refractivity contribution in [3.05, 3.63) is 30.2 Å². The fraction of sp³-hybridized carbons (Fsp3) is 0.385. The molecule has 0 radical (unpaired) electrons. The number of nitrogens with two attached hydrogens (primary N) is 1. The van der Waals surface area contributed by atoms with Gasteiger partial charge in [0.1, 0.15) is 5.75 Å². The molecule has 1 heterocycles. The van der Waals surface area contributed by atoms with Crippen molar-refractivity contribution in [2.75, 3.05) is 7.11 Å². The van der Waals surface area contributed by atoms with Crippen LogP contribution in [0.5, 0.6) is 5.75 Å². The summed E-state index contributed by atoms with van der Waals surface area (Å²) in [4.78, 5) is 4.33. The van der Waals surface area contributed by atoms with Crippen molar-refractivity contribution in [3.8, 4) is 17.1 Å². The highest BCUT2D eigenvalue weighted by Gasteiger charge is 2.19. The van der Waals surface area contributed by atoms with Crippen molar-refractivity contribution in [2.24, 2.45) is 11.7 Å². The maximum atomic E-state index is 5.97. The van der Waals surface area contributed by atoms with Crippen LogP contribution in [0.2, 0.25) is 0 Å². The van der Waals surface area contributed by atoms with E-state index < -0.39 is 0 Å². The van der Waals surface area contributed by atoms with Crippen LogP contribution in [0.3, 0.4) is 0 Å². The summed E-state index contributed by atoms with van der Waals surface area (Å²) in [5.74, 6) is 1.91. The molecule has 104 valence electrons. The van der Waals surface area contributed by atoms with Gasteiger partial charge >= 0.3 is 0 Å². The van der Waals surface area contributed by atoms with Gasteiger partial charge in [0, 0.05) is 0 Å². The van der Waals surface area contributed by atoms with Gasteiger partial charge in [-0.3, -0.25) is 0 Å². The molecule has 0 aliphatic rings. The van der Waals surface area contributed by atoms with Crippen LogP contribution in [-0.2, 0) is 0 Å². The molecule has 2 aromatic rings. The highest BCUT2D eigenvalue weighted by Crippen LogP contribution is 2.28. The van der Waals surface area contributed by atoms with Gasteiger partial charge in [-0.15, -0.1) is 12.4 Å². The highest BCUT2D eigenvalue weighted by atomic mass is 35.5. The quantitative estimate of drug-likeness (QED) is 0.934. The number of hydrogen-bond acceptors (Lipinski definition) is 5. The van der Waals surface area contributed by atoms with Gasteiger partial charge in [0.15, 0.2) is 0 Å². The van der Waals surface area contributed by atoms with E-state index >= 15 is 0 Å². The molecule has 0 amide bonds. The van der Waals surface area contributed by atoms with Crippen LogP contribution < -0.4 is 10.5 Å². The maximum Gasteiger partial charge on any atom is 0.244 e. The van der Waals surface area contributed by atoms with Crippen LogP contribution in [0.4, 0.5) is 0 Å². The molecule has 2 rings (SSSR count). The number of ether oxygens (including phenoxy) is 1. The zero-order valence-electron chi connectivity index (χ0n) is 11.2. The molecule has 0 saturated heterocycles. The number of rotatable bonds is 4. The third-order valence-corrected chi connectivity index (χ3v) is 2.79. The first-order valence-electron chi connectivity index (χ1n) is 5.86. The third kappa shape index (κ3) is 3.24. The fourth-order valence-corrected chi connectivity index (χ4v) is 1.59. The van der Waals surface area contributed by atoms with E-state index in [4.69, 9.17) is 15.0 Å². The van der Waals surface area contributed by atoms with Gasteiger partial charge in [-0.25, -0.2) is 0 Å². The molecule has 1 aromatic heterocycles. The summed E-state index contributed by atoms with van der Waals surface area (Å²) in [5, 5.41) is 3.95. The molecule has 0 spiro atoms. The van der Waals surface area contributed by atoms with E-state index in [0.29, 0.717) is 17.5 Å². The summed E-state index contributed by atoms with van der Waals surface area (Å²) in [7, 11) is 1.61. The van der Waals surface area contributed by atoms with Crippen molar-refractivity contribution >= 4 is 12.4 Å². The number of benzene rings is 1. The Labute approximate surface area is 118 Å². The first-order valence-corrected chi connectivity index (χ1v) is 5.86. The van der Waals surface area contributed by atoms with Crippen LogP contribution in [0.1, 0.15) is 25.8 Å². The van der Waals surface area contributed by atoms with Crippen molar-refractivity contribution in [1.82, 2.24) is 10.1 Å². The molecule has 0 bridgehead atoms. The first kappa shape index (κ1) is 15.5. The lowest BCUT2D eigenvalue weighted by atomic mass is 10.1. The minimum atomic E-state index is -0.249. The van der Waals surface area contributed by atoms with Crippen LogP contribution in [0.15, 0.2) is 28.8 Å². The van der Waals surface area contributed by atoms with Crippen LogP contribution >= 0.6 is 12.4 Å². The molecule has 1 atom stereocenters. The Morgan fingerprint density at radius 1 is 1.26 bits per heavy atom. The molecule has 5 nitrogen and oxygen atoms in total. The molecule has 0 aliphatic heterocycles. The Morgan fingerprint density at radius 2 is 1.95 bits per heavy atom. The Bertz CT molecular complexity index is 528. The molecule has 1 aromatic carbocycles. The van der Waals surface area contributed by atoms with Gasteiger partial charge in [-0.1, -0.05) is 31.1 Å². The van der Waals surface area contributed by atoms with E-state index in [1.54, 1.807) is 7.11 Å². The lowest BCUT2D eigenvalue weighted by Crippen LogP contribution is -2.16. The fourth-order valence-electron chi connectivity index (χ4n) is 1.59. The molecule has 0 unspecified atom stereocenters. The zero-order valence-corrected chi connectivity index (χ0v) is 12.0. The van der Waals surface area contributed by atoms with Crippen LogP contribution in [-0.4, -0.2) is 17.3 Å². The minimum absolute atomic E-state index is 0. The van der Waals surface area contributed by atoms with E-state index in [1.165, 1.54) is 0 Å². The summed E-state index contributed by atoms with van der Waals surface area (Å²) in [6.45, 7) is 4.02.